The summed E-state index contributed by atoms with van der Waals surface area (Å²) in [4.78, 5) is 12.1. The number of hydrogen-bond donors (Lipinski definition) is 0. The molecule has 2 rings (SSSR count). The smallest absolute Gasteiger partial charge is 0.139 e. The summed E-state index contributed by atoms with van der Waals surface area (Å²) in [6.07, 6.45) is 5.62. The molecule has 0 N–H and O–H groups in total. The van der Waals surface area contributed by atoms with Crippen LogP contribution in [0.25, 0.3) is 0 Å². The summed E-state index contributed by atoms with van der Waals surface area (Å²) in [5.41, 5.74) is 0.464. The SMILES string of the molecule is CCC(C)(C)C1CC[C@]2(C)C(=O)CCC2C1C. The summed E-state index contributed by atoms with van der Waals surface area (Å²) in [5, 5.41) is 0. The Kier molecular flexibility index (Phi) is 3.16. The average molecular weight is 236 g/mol. The Labute approximate surface area is 106 Å². The Morgan fingerprint density at radius 1 is 1.35 bits per heavy atom. The number of carbonyl (C=O) groups excluding carboxylic acids is 1. The van der Waals surface area contributed by atoms with Gasteiger partial charge >= 0.3 is 0 Å². The van der Waals surface area contributed by atoms with Gasteiger partial charge in [0.25, 0.3) is 0 Å². The Morgan fingerprint density at radius 2 is 2.00 bits per heavy atom. The molecule has 17 heavy (non-hydrogen) atoms. The van der Waals surface area contributed by atoms with Crippen molar-refractivity contribution in [3.8, 4) is 0 Å². The lowest BCUT2D eigenvalue weighted by atomic mass is 9.55. The maximum absolute atomic E-state index is 12.1. The maximum atomic E-state index is 12.1. The third kappa shape index (κ3) is 1.86. The second-order valence-electron chi connectivity index (χ2n) is 7.33. The van der Waals surface area contributed by atoms with Crippen LogP contribution in [-0.4, -0.2) is 5.78 Å². The lowest BCUT2D eigenvalue weighted by Crippen LogP contribution is -2.44. The molecule has 2 aliphatic carbocycles. The number of Topliss-reactive ketones (excluding diaryl/α,β-unsaturated/α-hetero) is 1. The number of carbonyl (C=O) groups is 1. The molecule has 0 aliphatic heterocycles. The van der Waals surface area contributed by atoms with Gasteiger partial charge in [-0.3, -0.25) is 4.79 Å². The quantitative estimate of drug-likeness (QED) is 0.692. The summed E-state index contributed by atoms with van der Waals surface area (Å²) in [7, 11) is 0. The van der Waals surface area contributed by atoms with Crippen LogP contribution in [0.15, 0.2) is 0 Å². The molecule has 0 radical (unpaired) electrons. The third-order valence-corrected chi connectivity index (χ3v) is 6.30. The van der Waals surface area contributed by atoms with E-state index in [9.17, 15) is 4.79 Å². The van der Waals surface area contributed by atoms with Gasteiger partial charge in [0.1, 0.15) is 5.78 Å². The molecule has 4 atom stereocenters. The lowest BCUT2D eigenvalue weighted by molar-refractivity contribution is -0.131. The van der Waals surface area contributed by atoms with E-state index < -0.39 is 0 Å². The van der Waals surface area contributed by atoms with E-state index in [0.717, 1.165) is 31.1 Å². The molecular formula is C16H28O. The molecule has 3 unspecified atom stereocenters. The number of rotatable bonds is 2. The van der Waals surface area contributed by atoms with Crippen molar-refractivity contribution in [3.63, 3.8) is 0 Å². The van der Waals surface area contributed by atoms with Crippen molar-refractivity contribution in [3.05, 3.63) is 0 Å². The predicted octanol–water partition coefficient (Wildman–Crippen LogP) is 4.45. The zero-order valence-electron chi connectivity index (χ0n) is 12.2. The Bertz CT molecular complexity index is 317. The van der Waals surface area contributed by atoms with Crippen LogP contribution in [0, 0.1) is 28.6 Å². The summed E-state index contributed by atoms with van der Waals surface area (Å²) >= 11 is 0. The minimum atomic E-state index is 0.0275. The van der Waals surface area contributed by atoms with Crippen LogP contribution in [-0.2, 0) is 4.79 Å². The van der Waals surface area contributed by atoms with Crippen LogP contribution >= 0.6 is 0 Å². The van der Waals surface area contributed by atoms with Gasteiger partial charge in [0.2, 0.25) is 0 Å². The molecule has 0 bridgehead atoms. The fourth-order valence-corrected chi connectivity index (χ4v) is 4.63. The first-order valence-electron chi connectivity index (χ1n) is 7.36. The van der Waals surface area contributed by atoms with Gasteiger partial charge in [-0.05, 0) is 42.4 Å². The van der Waals surface area contributed by atoms with Gasteiger partial charge in [-0.25, -0.2) is 0 Å². The van der Waals surface area contributed by atoms with Crippen LogP contribution in [0.1, 0.15) is 66.7 Å². The molecule has 2 fully saturated rings. The van der Waals surface area contributed by atoms with Crippen LogP contribution < -0.4 is 0 Å². The van der Waals surface area contributed by atoms with Crippen molar-refractivity contribution < 1.29 is 4.79 Å². The standard InChI is InChI=1S/C16H28O/c1-6-15(3,4)12-9-10-16(5)13(11(12)2)7-8-14(16)17/h11-13H,6-10H2,1-5H3/t11?,12?,13?,16-/m0/s1. The molecule has 1 heteroatoms. The number of fused-ring (bicyclic) bond motifs is 1. The highest BCUT2D eigenvalue weighted by Crippen LogP contribution is 2.57. The van der Waals surface area contributed by atoms with Gasteiger partial charge in [0, 0.05) is 11.8 Å². The predicted molar refractivity (Wildman–Crippen MR) is 71.8 cm³/mol. The zero-order chi connectivity index (χ0) is 12.8. The first-order valence-corrected chi connectivity index (χ1v) is 7.36. The number of ketones is 1. The molecule has 0 aromatic carbocycles. The van der Waals surface area contributed by atoms with Crippen molar-refractivity contribution in [2.75, 3.05) is 0 Å². The third-order valence-electron chi connectivity index (χ3n) is 6.30. The molecule has 0 aromatic heterocycles. The van der Waals surface area contributed by atoms with E-state index in [-0.39, 0.29) is 5.41 Å². The van der Waals surface area contributed by atoms with Gasteiger partial charge in [-0.15, -0.1) is 0 Å². The van der Waals surface area contributed by atoms with Gasteiger partial charge < -0.3 is 0 Å². The second-order valence-corrected chi connectivity index (χ2v) is 7.33. The minimum absolute atomic E-state index is 0.0275. The Hall–Kier alpha value is -0.330. The fourth-order valence-electron chi connectivity index (χ4n) is 4.63. The van der Waals surface area contributed by atoms with E-state index in [0.29, 0.717) is 17.1 Å². The largest absolute Gasteiger partial charge is 0.299 e. The van der Waals surface area contributed by atoms with Crippen molar-refractivity contribution in [2.24, 2.45) is 28.6 Å². The molecule has 0 aromatic rings. The monoisotopic (exact) mass is 236 g/mol. The Balaban J connectivity index is 2.23. The fraction of sp³-hybridized carbons (Fsp3) is 0.938. The highest BCUT2D eigenvalue weighted by atomic mass is 16.1. The molecule has 0 heterocycles. The van der Waals surface area contributed by atoms with Crippen LogP contribution in [0.3, 0.4) is 0 Å². The first-order chi connectivity index (χ1) is 7.83. The van der Waals surface area contributed by atoms with Gasteiger partial charge in [-0.1, -0.05) is 41.0 Å². The number of hydrogen-bond acceptors (Lipinski definition) is 1. The van der Waals surface area contributed by atoms with Crippen LogP contribution in [0.4, 0.5) is 0 Å². The molecule has 0 saturated heterocycles. The molecule has 98 valence electrons. The zero-order valence-corrected chi connectivity index (χ0v) is 12.2. The van der Waals surface area contributed by atoms with E-state index in [4.69, 9.17) is 0 Å². The van der Waals surface area contributed by atoms with E-state index in [1.807, 2.05) is 0 Å². The van der Waals surface area contributed by atoms with Crippen molar-refractivity contribution in [1.29, 1.82) is 0 Å². The molecule has 0 amide bonds. The highest BCUT2D eigenvalue weighted by molar-refractivity contribution is 5.87. The molecule has 0 spiro atoms. The molecular weight excluding hydrogens is 208 g/mol. The average Bonchev–Trinajstić information content (AvgIpc) is 2.56. The van der Waals surface area contributed by atoms with Crippen molar-refractivity contribution in [2.45, 2.75) is 66.7 Å². The lowest BCUT2D eigenvalue weighted by Gasteiger charge is -2.49. The van der Waals surface area contributed by atoms with E-state index >= 15 is 0 Å². The van der Waals surface area contributed by atoms with Crippen molar-refractivity contribution >= 4 is 5.78 Å². The highest BCUT2D eigenvalue weighted by Gasteiger charge is 2.54. The van der Waals surface area contributed by atoms with Crippen molar-refractivity contribution in [1.82, 2.24) is 0 Å². The second kappa shape index (κ2) is 4.10. The topological polar surface area (TPSA) is 17.1 Å². The first kappa shape index (κ1) is 13.1. The summed E-state index contributed by atoms with van der Waals surface area (Å²) in [6.45, 7) is 11.8. The molecule has 2 aliphatic rings. The maximum Gasteiger partial charge on any atom is 0.139 e. The normalized spacial score (nSPS) is 42.6. The Morgan fingerprint density at radius 3 is 2.59 bits per heavy atom. The minimum Gasteiger partial charge on any atom is -0.299 e. The molecule has 1 nitrogen and oxygen atoms in total. The van der Waals surface area contributed by atoms with Gasteiger partial charge in [0.05, 0.1) is 0 Å². The van der Waals surface area contributed by atoms with Gasteiger partial charge in [-0.2, -0.15) is 0 Å². The summed E-state index contributed by atoms with van der Waals surface area (Å²) in [6, 6.07) is 0. The van der Waals surface area contributed by atoms with E-state index in [2.05, 4.69) is 34.6 Å². The molecule has 2 saturated carbocycles. The van der Waals surface area contributed by atoms with E-state index in [1.54, 1.807) is 0 Å². The van der Waals surface area contributed by atoms with E-state index in [1.165, 1.54) is 12.8 Å². The van der Waals surface area contributed by atoms with Gasteiger partial charge in [0.15, 0.2) is 0 Å². The summed E-state index contributed by atoms with van der Waals surface area (Å²) < 4.78 is 0. The van der Waals surface area contributed by atoms with Crippen LogP contribution in [0.2, 0.25) is 0 Å². The van der Waals surface area contributed by atoms with Crippen LogP contribution in [0.5, 0.6) is 0 Å². The summed E-state index contributed by atoms with van der Waals surface area (Å²) in [5.74, 6) is 2.72.